The minimum Gasteiger partial charge on any atom is -0.481 e. The summed E-state index contributed by atoms with van der Waals surface area (Å²) in [6.07, 6.45) is 0.347. The molecule has 0 atom stereocenters. The molecule has 0 spiro atoms. The molecule has 2 amide bonds. The van der Waals surface area contributed by atoms with Gasteiger partial charge in [-0.15, -0.1) is 0 Å². The maximum absolute atomic E-state index is 11.9. The average molecular weight is 314 g/mol. The van der Waals surface area contributed by atoms with Crippen molar-refractivity contribution in [2.45, 2.75) is 58.4 Å². The van der Waals surface area contributed by atoms with Gasteiger partial charge in [0, 0.05) is 28.9 Å². The fraction of sp³-hybridized carbons (Fsp3) is 0.692. The van der Waals surface area contributed by atoms with Crippen LogP contribution in [-0.2, 0) is 10.2 Å². The molecular formula is C13H22N4O3S. The van der Waals surface area contributed by atoms with Crippen molar-refractivity contribution in [3.8, 4) is 0 Å². The van der Waals surface area contributed by atoms with Crippen LogP contribution in [0.1, 0.15) is 53.3 Å². The summed E-state index contributed by atoms with van der Waals surface area (Å²) in [6.45, 7) is 9.53. The maximum Gasteiger partial charge on any atom is 0.321 e. The van der Waals surface area contributed by atoms with Crippen molar-refractivity contribution in [3.63, 3.8) is 0 Å². The van der Waals surface area contributed by atoms with Gasteiger partial charge in [-0.3, -0.25) is 10.1 Å². The Bertz CT molecular complexity index is 520. The Kier molecular flexibility index (Phi) is 5.27. The Balaban J connectivity index is 2.57. The van der Waals surface area contributed by atoms with Gasteiger partial charge in [0.25, 0.3) is 0 Å². The molecule has 3 N–H and O–H groups in total. The number of carboxylic acid groups (broad SMARTS) is 1. The molecule has 0 saturated carbocycles. The number of rotatable bonds is 5. The van der Waals surface area contributed by atoms with Crippen LogP contribution in [-0.4, -0.2) is 32.0 Å². The van der Waals surface area contributed by atoms with E-state index in [4.69, 9.17) is 5.11 Å². The first-order valence-electron chi connectivity index (χ1n) is 6.65. The van der Waals surface area contributed by atoms with Crippen LogP contribution in [0.4, 0.5) is 9.93 Å². The number of aliphatic carboxylic acids is 1. The van der Waals surface area contributed by atoms with Crippen LogP contribution in [0, 0.1) is 0 Å². The molecule has 0 aliphatic rings. The molecule has 0 unspecified atom stereocenters. The summed E-state index contributed by atoms with van der Waals surface area (Å²) < 4.78 is 4.21. The number of nitrogens with one attached hydrogen (secondary N) is 2. The van der Waals surface area contributed by atoms with Crippen LogP contribution in [0.5, 0.6) is 0 Å². The molecule has 0 aliphatic carbocycles. The summed E-state index contributed by atoms with van der Waals surface area (Å²) in [7, 11) is 0. The minimum atomic E-state index is -0.885. The molecule has 1 aromatic rings. The van der Waals surface area contributed by atoms with Crippen LogP contribution in [0.3, 0.4) is 0 Å². The van der Waals surface area contributed by atoms with Crippen LogP contribution in [0.15, 0.2) is 0 Å². The molecular weight excluding hydrogens is 292 g/mol. The first kappa shape index (κ1) is 17.4. The van der Waals surface area contributed by atoms with E-state index < -0.39 is 17.5 Å². The van der Waals surface area contributed by atoms with Crippen molar-refractivity contribution in [2.24, 2.45) is 0 Å². The van der Waals surface area contributed by atoms with Crippen LogP contribution in [0.25, 0.3) is 0 Å². The lowest BCUT2D eigenvalue weighted by molar-refractivity contribution is -0.137. The second-order valence-corrected chi connectivity index (χ2v) is 7.28. The molecule has 0 radical (unpaired) electrons. The van der Waals surface area contributed by atoms with Crippen molar-refractivity contribution in [1.29, 1.82) is 0 Å². The Hall–Kier alpha value is -1.70. The topological polar surface area (TPSA) is 104 Å². The summed E-state index contributed by atoms with van der Waals surface area (Å²) >= 11 is 1.12. The fourth-order valence-electron chi connectivity index (χ4n) is 1.50. The van der Waals surface area contributed by atoms with E-state index in [1.54, 1.807) is 13.8 Å². The Labute approximate surface area is 128 Å². The summed E-state index contributed by atoms with van der Waals surface area (Å²) in [5, 5.41) is 14.5. The highest BCUT2D eigenvalue weighted by Gasteiger charge is 2.23. The lowest BCUT2D eigenvalue weighted by Gasteiger charge is -2.25. The standard InChI is InChI=1S/C13H22N4O3S/c1-12(2,3)9-14-11(21-17-9)15-10(20)16-13(4,5)7-6-8(18)19/h6-7H2,1-5H3,(H,18,19)(H2,14,15,16,17,20). The number of aromatic nitrogens is 2. The SMILES string of the molecule is CC(C)(CCC(=O)O)NC(=O)Nc1nc(C(C)(C)C)ns1. The number of hydrogen-bond acceptors (Lipinski definition) is 5. The largest absolute Gasteiger partial charge is 0.481 e. The highest BCUT2D eigenvalue weighted by molar-refractivity contribution is 7.09. The summed E-state index contributed by atoms with van der Waals surface area (Å²) in [4.78, 5) is 26.7. The first-order chi connectivity index (χ1) is 9.49. The lowest BCUT2D eigenvalue weighted by Crippen LogP contribution is -2.45. The van der Waals surface area contributed by atoms with Crippen LogP contribution < -0.4 is 10.6 Å². The smallest absolute Gasteiger partial charge is 0.321 e. The summed E-state index contributed by atoms with van der Waals surface area (Å²) in [5.41, 5.74) is -0.784. The molecule has 118 valence electrons. The molecule has 0 aromatic carbocycles. The number of carboxylic acids is 1. The number of hydrogen-bond donors (Lipinski definition) is 3. The Morgan fingerprint density at radius 2 is 1.86 bits per heavy atom. The maximum atomic E-state index is 11.9. The van der Waals surface area contributed by atoms with E-state index in [0.717, 1.165) is 11.5 Å². The summed E-state index contributed by atoms with van der Waals surface area (Å²) in [5.74, 6) is -0.211. The van der Waals surface area contributed by atoms with Gasteiger partial charge in [-0.25, -0.2) is 9.78 Å². The van der Waals surface area contributed by atoms with E-state index >= 15 is 0 Å². The molecule has 0 bridgehead atoms. The monoisotopic (exact) mass is 314 g/mol. The number of carbonyl (C=O) groups is 2. The molecule has 7 nitrogen and oxygen atoms in total. The van der Waals surface area contributed by atoms with Gasteiger partial charge in [0.15, 0.2) is 0 Å². The molecule has 0 aliphatic heterocycles. The molecule has 0 saturated heterocycles. The number of anilines is 1. The quantitative estimate of drug-likeness (QED) is 0.775. The van der Waals surface area contributed by atoms with E-state index in [9.17, 15) is 9.59 Å². The van der Waals surface area contributed by atoms with Crippen molar-refractivity contribution < 1.29 is 14.7 Å². The van der Waals surface area contributed by atoms with Gasteiger partial charge in [-0.05, 0) is 20.3 Å². The fourth-order valence-corrected chi connectivity index (χ4v) is 2.25. The van der Waals surface area contributed by atoms with Crippen molar-refractivity contribution in [3.05, 3.63) is 5.82 Å². The van der Waals surface area contributed by atoms with E-state index in [1.807, 2.05) is 20.8 Å². The van der Waals surface area contributed by atoms with E-state index in [-0.39, 0.29) is 11.8 Å². The van der Waals surface area contributed by atoms with Crippen molar-refractivity contribution in [2.75, 3.05) is 5.32 Å². The van der Waals surface area contributed by atoms with Crippen molar-refractivity contribution in [1.82, 2.24) is 14.7 Å². The van der Waals surface area contributed by atoms with Crippen LogP contribution >= 0.6 is 11.5 Å². The first-order valence-corrected chi connectivity index (χ1v) is 7.42. The third-order valence-electron chi connectivity index (χ3n) is 2.73. The zero-order valence-electron chi connectivity index (χ0n) is 13.0. The lowest BCUT2D eigenvalue weighted by atomic mass is 9.96. The number of nitrogens with zero attached hydrogens (tertiary/aromatic N) is 2. The molecule has 1 rings (SSSR count). The van der Waals surface area contributed by atoms with Gasteiger partial charge in [0.2, 0.25) is 5.13 Å². The predicted molar refractivity (Wildman–Crippen MR) is 81.7 cm³/mol. The summed E-state index contributed by atoms with van der Waals surface area (Å²) in [6, 6.07) is -0.415. The molecule has 1 aromatic heterocycles. The third kappa shape index (κ3) is 6.07. The van der Waals surface area contributed by atoms with E-state index in [0.29, 0.717) is 17.4 Å². The average Bonchev–Trinajstić information content (AvgIpc) is 2.73. The van der Waals surface area contributed by atoms with Gasteiger partial charge in [-0.1, -0.05) is 20.8 Å². The molecule has 0 fully saturated rings. The third-order valence-corrected chi connectivity index (χ3v) is 3.36. The normalized spacial score (nSPS) is 12.0. The van der Waals surface area contributed by atoms with Crippen LogP contribution in [0.2, 0.25) is 0 Å². The second-order valence-electron chi connectivity index (χ2n) is 6.53. The number of carbonyl (C=O) groups excluding carboxylic acids is 1. The predicted octanol–water partition coefficient (Wildman–Crippen LogP) is 2.60. The molecule has 1 heterocycles. The molecule has 8 heteroatoms. The molecule has 21 heavy (non-hydrogen) atoms. The van der Waals surface area contributed by atoms with Gasteiger partial charge >= 0.3 is 12.0 Å². The second kappa shape index (κ2) is 6.38. The van der Waals surface area contributed by atoms with Crippen molar-refractivity contribution >= 4 is 28.7 Å². The number of urea groups is 1. The van der Waals surface area contributed by atoms with Gasteiger partial charge < -0.3 is 10.4 Å². The zero-order chi connectivity index (χ0) is 16.3. The van der Waals surface area contributed by atoms with E-state index in [2.05, 4.69) is 20.0 Å². The van der Waals surface area contributed by atoms with Gasteiger partial charge in [0.1, 0.15) is 5.82 Å². The van der Waals surface area contributed by atoms with Gasteiger partial charge in [-0.2, -0.15) is 4.37 Å². The highest BCUT2D eigenvalue weighted by Crippen LogP contribution is 2.23. The Morgan fingerprint density at radius 1 is 1.24 bits per heavy atom. The minimum absolute atomic E-state index is 0.000258. The van der Waals surface area contributed by atoms with E-state index in [1.165, 1.54) is 0 Å². The zero-order valence-corrected chi connectivity index (χ0v) is 13.8. The van der Waals surface area contributed by atoms with Gasteiger partial charge in [0.05, 0.1) is 0 Å². The number of amides is 2. The highest BCUT2D eigenvalue weighted by atomic mass is 32.1. The Morgan fingerprint density at radius 3 is 2.33 bits per heavy atom.